The fraction of sp³-hybridized carbons (Fsp3) is 0.167. The lowest BCUT2D eigenvalue weighted by Gasteiger charge is -2.17. The van der Waals surface area contributed by atoms with Gasteiger partial charge in [-0.25, -0.2) is 4.39 Å². The molecule has 0 fully saturated rings. The van der Waals surface area contributed by atoms with E-state index in [0.717, 1.165) is 11.1 Å². The van der Waals surface area contributed by atoms with E-state index in [9.17, 15) is 14.3 Å². The van der Waals surface area contributed by atoms with Crippen molar-refractivity contribution in [3.05, 3.63) is 70.3 Å². The Labute approximate surface area is 127 Å². The molecule has 2 N–H and O–H groups in total. The van der Waals surface area contributed by atoms with Crippen LogP contribution >= 0.6 is 0 Å². The van der Waals surface area contributed by atoms with Crippen LogP contribution in [0.4, 0.5) is 4.39 Å². The van der Waals surface area contributed by atoms with Crippen LogP contribution in [0.5, 0.6) is 0 Å². The maximum Gasteiger partial charge on any atom is 0.259 e. The minimum Gasteiger partial charge on any atom is -0.386 e. The quantitative estimate of drug-likeness (QED) is 0.760. The van der Waals surface area contributed by atoms with Gasteiger partial charge < -0.3 is 10.1 Å². The molecule has 0 atom stereocenters. The number of benzene rings is 2. The smallest absolute Gasteiger partial charge is 0.259 e. The van der Waals surface area contributed by atoms with Crippen LogP contribution < -0.4 is 5.56 Å². The van der Waals surface area contributed by atoms with Gasteiger partial charge in [-0.2, -0.15) is 0 Å². The van der Waals surface area contributed by atoms with Crippen molar-refractivity contribution in [2.45, 2.75) is 19.4 Å². The summed E-state index contributed by atoms with van der Waals surface area (Å²) in [6.45, 7) is 3.42. The van der Waals surface area contributed by atoms with E-state index in [1.807, 2.05) is 24.3 Å². The average molecular weight is 297 g/mol. The highest BCUT2D eigenvalue weighted by molar-refractivity contribution is 5.85. The molecule has 2 aromatic carbocycles. The van der Waals surface area contributed by atoms with Crippen molar-refractivity contribution in [3.63, 3.8) is 0 Å². The number of fused-ring (bicyclic) bond motifs is 1. The molecule has 4 heteroatoms. The fourth-order valence-corrected chi connectivity index (χ4v) is 2.49. The first-order chi connectivity index (χ1) is 10.4. The Morgan fingerprint density at radius 3 is 2.41 bits per heavy atom. The Kier molecular flexibility index (Phi) is 3.34. The molecular weight excluding hydrogens is 281 g/mol. The van der Waals surface area contributed by atoms with Crippen LogP contribution in [-0.2, 0) is 5.60 Å². The number of aromatic nitrogens is 1. The van der Waals surface area contributed by atoms with E-state index >= 15 is 0 Å². The Hall–Kier alpha value is -2.46. The van der Waals surface area contributed by atoms with E-state index in [0.29, 0.717) is 11.1 Å². The average Bonchev–Trinajstić information content (AvgIpc) is 2.46. The Balaban J connectivity index is 2.13. The Bertz CT molecular complexity index is 890. The number of pyridine rings is 1. The summed E-state index contributed by atoms with van der Waals surface area (Å²) < 4.78 is 13.7. The van der Waals surface area contributed by atoms with Gasteiger partial charge in [0.05, 0.1) is 11.0 Å². The predicted octanol–water partition coefficient (Wildman–Crippen LogP) is 3.56. The van der Waals surface area contributed by atoms with Crippen molar-refractivity contribution in [1.82, 2.24) is 4.98 Å². The maximum absolute atomic E-state index is 13.7. The van der Waals surface area contributed by atoms with Crippen LogP contribution in [0.15, 0.2) is 53.3 Å². The number of hydrogen-bond donors (Lipinski definition) is 2. The monoisotopic (exact) mass is 297 g/mol. The fourth-order valence-electron chi connectivity index (χ4n) is 2.49. The van der Waals surface area contributed by atoms with Gasteiger partial charge in [-0.05, 0) is 42.5 Å². The summed E-state index contributed by atoms with van der Waals surface area (Å²) in [5, 5.41) is 10.6. The molecule has 0 radical (unpaired) electrons. The highest BCUT2D eigenvalue weighted by Gasteiger charge is 2.15. The summed E-state index contributed by atoms with van der Waals surface area (Å²) in [5.74, 6) is -0.525. The molecule has 0 spiro atoms. The number of H-pyrrole nitrogens is 1. The molecule has 0 unspecified atom stereocenters. The number of aromatic amines is 1. The SMILES string of the molecule is CC(C)(O)c1ccc(-c2cc3cccc(F)c3c(=O)[nH]2)cc1. The van der Waals surface area contributed by atoms with E-state index in [1.54, 1.807) is 32.0 Å². The molecule has 112 valence electrons. The minimum atomic E-state index is -0.918. The van der Waals surface area contributed by atoms with E-state index in [1.165, 1.54) is 6.07 Å². The molecule has 0 amide bonds. The highest BCUT2D eigenvalue weighted by Crippen LogP contribution is 2.25. The zero-order valence-corrected chi connectivity index (χ0v) is 12.4. The van der Waals surface area contributed by atoms with Crippen molar-refractivity contribution in [3.8, 4) is 11.3 Å². The third kappa shape index (κ3) is 2.53. The Morgan fingerprint density at radius 2 is 1.77 bits per heavy atom. The number of rotatable bonds is 2. The van der Waals surface area contributed by atoms with Crippen molar-refractivity contribution in [2.75, 3.05) is 0 Å². The molecule has 22 heavy (non-hydrogen) atoms. The van der Waals surface area contributed by atoms with E-state index in [2.05, 4.69) is 4.98 Å². The van der Waals surface area contributed by atoms with Gasteiger partial charge in [-0.1, -0.05) is 36.4 Å². The van der Waals surface area contributed by atoms with Gasteiger partial charge in [0, 0.05) is 5.69 Å². The molecule has 0 saturated heterocycles. The molecule has 0 aliphatic rings. The molecule has 3 rings (SSSR count). The molecule has 1 aromatic heterocycles. The minimum absolute atomic E-state index is 0.0689. The highest BCUT2D eigenvalue weighted by atomic mass is 19.1. The van der Waals surface area contributed by atoms with Crippen LogP contribution in [0.25, 0.3) is 22.0 Å². The normalized spacial score (nSPS) is 11.8. The standard InChI is InChI=1S/C18H16FNO2/c1-18(2,22)13-8-6-11(7-9-13)15-10-12-4-3-5-14(19)16(12)17(21)20-15/h3-10,22H,1-2H3,(H,20,21). The summed E-state index contributed by atoms with van der Waals surface area (Å²) in [6, 6.07) is 13.6. The van der Waals surface area contributed by atoms with Crippen LogP contribution in [0, 0.1) is 5.82 Å². The predicted molar refractivity (Wildman–Crippen MR) is 85.2 cm³/mol. The summed E-state index contributed by atoms with van der Waals surface area (Å²) in [7, 11) is 0. The molecule has 0 bridgehead atoms. The second kappa shape index (κ2) is 5.07. The lowest BCUT2D eigenvalue weighted by molar-refractivity contribution is 0.0786. The molecule has 0 aliphatic carbocycles. The largest absolute Gasteiger partial charge is 0.386 e. The van der Waals surface area contributed by atoms with Crippen LogP contribution in [0.2, 0.25) is 0 Å². The zero-order valence-electron chi connectivity index (χ0n) is 12.4. The Morgan fingerprint density at radius 1 is 1.09 bits per heavy atom. The van der Waals surface area contributed by atoms with E-state index in [-0.39, 0.29) is 5.39 Å². The van der Waals surface area contributed by atoms with Gasteiger partial charge in [-0.3, -0.25) is 4.79 Å². The third-order valence-corrected chi connectivity index (χ3v) is 3.72. The molecule has 3 aromatic rings. The van der Waals surface area contributed by atoms with Gasteiger partial charge in [0.25, 0.3) is 5.56 Å². The summed E-state index contributed by atoms with van der Waals surface area (Å²) >= 11 is 0. The van der Waals surface area contributed by atoms with Gasteiger partial charge >= 0.3 is 0 Å². The van der Waals surface area contributed by atoms with Crippen LogP contribution in [-0.4, -0.2) is 10.1 Å². The van der Waals surface area contributed by atoms with Gasteiger partial charge in [0.2, 0.25) is 0 Å². The number of aliphatic hydroxyl groups is 1. The lowest BCUT2D eigenvalue weighted by Crippen LogP contribution is -2.15. The van der Waals surface area contributed by atoms with Crippen LogP contribution in [0.1, 0.15) is 19.4 Å². The first-order valence-electron chi connectivity index (χ1n) is 7.01. The summed E-state index contributed by atoms with van der Waals surface area (Å²) in [4.78, 5) is 14.8. The number of nitrogens with one attached hydrogen (secondary N) is 1. The molecular formula is C18H16FNO2. The van der Waals surface area contributed by atoms with Crippen molar-refractivity contribution < 1.29 is 9.50 Å². The number of hydrogen-bond acceptors (Lipinski definition) is 2. The lowest BCUT2D eigenvalue weighted by atomic mass is 9.96. The van der Waals surface area contributed by atoms with Gasteiger partial charge in [0.1, 0.15) is 5.82 Å². The first-order valence-corrected chi connectivity index (χ1v) is 7.01. The zero-order chi connectivity index (χ0) is 15.9. The van der Waals surface area contributed by atoms with Gasteiger partial charge in [-0.15, -0.1) is 0 Å². The van der Waals surface area contributed by atoms with Crippen molar-refractivity contribution in [2.24, 2.45) is 0 Å². The van der Waals surface area contributed by atoms with Crippen molar-refractivity contribution in [1.29, 1.82) is 0 Å². The van der Waals surface area contributed by atoms with E-state index < -0.39 is 17.0 Å². The second-order valence-electron chi connectivity index (χ2n) is 5.85. The molecule has 0 saturated carbocycles. The van der Waals surface area contributed by atoms with Crippen LogP contribution in [0.3, 0.4) is 0 Å². The molecule has 1 heterocycles. The van der Waals surface area contributed by atoms with E-state index in [4.69, 9.17) is 0 Å². The third-order valence-electron chi connectivity index (χ3n) is 3.72. The van der Waals surface area contributed by atoms with Crippen molar-refractivity contribution >= 4 is 10.8 Å². The summed E-state index contributed by atoms with van der Waals surface area (Å²) in [5.41, 5.74) is 0.836. The first kappa shape index (κ1) is 14.5. The second-order valence-corrected chi connectivity index (χ2v) is 5.85. The molecule has 3 nitrogen and oxygen atoms in total. The van der Waals surface area contributed by atoms with Gasteiger partial charge in [0.15, 0.2) is 0 Å². The summed E-state index contributed by atoms with van der Waals surface area (Å²) in [6.07, 6.45) is 0. The topological polar surface area (TPSA) is 53.1 Å². The molecule has 0 aliphatic heterocycles. The maximum atomic E-state index is 13.7. The number of halogens is 1.